The number of halogens is 1. The molecule has 0 saturated carbocycles. The van der Waals surface area contributed by atoms with E-state index in [2.05, 4.69) is 53.8 Å². The Labute approximate surface area is 152 Å². The molecule has 4 heteroatoms. The molecule has 0 radical (unpaired) electrons. The molecule has 0 aliphatic rings. The summed E-state index contributed by atoms with van der Waals surface area (Å²) in [4.78, 5) is 4.61. The Morgan fingerprint density at radius 1 is 1.08 bits per heavy atom. The lowest BCUT2D eigenvalue weighted by Crippen LogP contribution is -2.01. The number of aliphatic imine (C=N–C) groups is 1. The van der Waals surface area contributed by atoms with Crippen molar-refractivity contribution in [2.24, 2.45) is 4.99 Å². The number of aryl methyl sites for hydroxylation is 2. The number of hydrogen-bond acceptors (Lipinski definition) is 3. The first-order chi connectivity index (χ1) is 11.5. The van der Waals surface area contributed by atoms with E-state index < -0.39 is 0 Å². The third-order valence-electron chi connectivity index (χ3n) is 3.49. The standard InChI is InChI=1S/C20H24BrNO2/c1-5-9-24-20-17(21)11-16(12-19(20)23-6-2)13-22-18-8-7-14(3)10-15(18)4/h7-8,10-13H,5-6,9H2,1-4H3. The van der Waals surface area contributed by atoms with Gasteiger partial charge in [-0.15, -0.1) is 0 Å². The lowest BCUT2D eigenvalue weighted by Gasteiger charge is -2.14. The van der Waals surface area contributed by atoms with Crippen LogP contribution in [-0.2, 0) is 0 Å². The predicted molar refractivity (Wildman–Crippen MR) is 104 cm³/mol. The molecule has 2 rings (SSSR count). The first-order valence-electron chi connectivity index (χ1n) is 8.25. The number of benzene rings is 2. The summed E-state index contributed by atoms with van der Waals surface area (Å²) in [6.45, 7) is 9.46. The summed E-state index contributed by atoms with van der Waals surface area (Å²) in [5.41, 5.74) is 4.35. The lowest BCUT2D eigenvalue weighted by molar-refractivity contribution is 0.275. The van der Waals surface area contributed by atoms with E-state index in [1.807, 2.05) is 31.3 Å². The zero-order valence-electron chi connectivity index (χ0n) is 14.7. The Kier molecular flexibility index (Phi) is 6.85. The average molecular weight is 390 g/mol. The second-order valence-corrected chi connectivity index (χ2v) is 6.51. The summed E-state index contributed by atoms with van der Waals surface area (Å²) in [5.74, 6) is 1.49. The fourth-order valence-corrected chi connectivity index (χ4v) is 2.94. The van der Waals surface area contributed by atoms with Crippen LogP contribution in [0.25, 0.3) is 0 Å². The van der Waals surface area contributed by atoms with Crippen molar-refractivity contribution in [2.45, 2.75) is 34.1 Å². The highest BCUT2D eigenvalue weighted by atomic mass is 79.9. The summed E-state index contributed by atoms with van der Waals surface area (Å²) < 4.78 is 12.4. The molecule has 128 valence electrons. The van der Waals surface area contributed by atoms with Crippen molar-refractivity contribution in [1.29, 1.82) is 0 Å². The monoisotopic (exact) mass is 389 g/mol. The van der Waals surface area contributed by atoms with Gasteiger partial charge in [-0.25, -0.2) is 0 Å². The maximum Gasteiger partial charge on any atom is 0.175 e. The number of ether oxygens (including phenoxy) is 2. The van der Waals surface area contributed by atoms with Crippen LogP contribution in [0, 0.1) is 13.8 Å². The minimum Gasteiger partial charge on any atom is -0.490 e. The Balaban J connectivity index is 2.31. The van der Waals surface area contributed by atoms with Gasteiger partial charge in [0.1, 0.15) is 0 Å². The Bertz CT molecular complexity index is 726. The highest BCUT2D eigenvalue weighted by Crippen LogP contribution is 2.37. The van der Waals surface area contributed by atoms with Gasteiger partial charge in [-0.05, 0) is 72.4 Å². The van der Waals surface area contributed by atoms with E-state index in [9.17, 15) is 0 Å². The maximum absolute atomic E-state index is 5.80. The summed E-state index contributed by atoms with van der Waals surface area (Å²) >= 11 is 3.58. The van der Waals surface area contributed by atoms with Crippen molar-refractivity contribution in [3.05, 3.63) is 51.5 Å². The molecule has 0 heterocycles. The van der Waals surface area contributed by atoms with E-state index in [1.54, 1.807) is 0 Å². The quantitative estimate of drug-likeness (QED) is 0.543. The van der Waals surface area contributed by atoms with Crippen molar-refractivity contribution < 1.29 is 9.47 Å². The molecule has 2 aromatic carbocycles. The van der Waals surface area contributed by atoms with E-state index in [-0.39, 0.29) is 0 Å². The third-order valence-corrected chi connectivity index (χ3v) is 4.08. The second-order valence-electron chi connectivity index (χ2n) is 5.66. The van der Waals surface area contributed by atoms with Crippen molar-refractivity contribution in [2.75, 3.05) is 13.2 Å². The van der Waals surface area contributed by atoms with Crippen LogP contribution in [0.15, 0.2) is 39.8 Å². The molecule has 0 fully saturated rings. The van der Waals surface area contributed by atoms with E-state index >= 15 is 0 Å². The molecule has 0 amide bonds. The minimum absolute atomic E-state index is 0.590. The number of hydrogen-bond donors (Lipinski definition) is 0. The van der Waals surface area contributed by atoms with Crippen molar-refractivity contribution in [3.8, 4) is 11.5 Å². The molecular weight excluding hydrogens is 366 g/mol. The largest absolute Gasteiger partial charge is 0.490 e. The highest BCUT2D eigenvalue weighted by molar-refractivity contribution is 9.10. The van der Waals surface area contributed by atoms with Crippen LogP contribution in [0.2, 0.25) is 0 Å². The normalized spacial score (nSPS) is 11.0. The molecule has 0 N–H and O–H groups in total. The topological polar surface area (TPSA) is 30.8 Å². The van der Waals surface area contributed by atoms with Crippen LogP contribution in [0.5, 0.6) is 11.5 Å². The number of nitrogens with zero attached hydrogens (tertiary/aromatic N) is 1. The smallest absolute Gasteiger partial charge is 0.175 e. The van der Waals surface area contributed by atoms with Crippen molar-refractivity contribution in [3.63, 3.8) is 0 Å². The molecule has 3 nitrogen and oxygen atoms in total. The Morgan fingerprint density at radius 3 is 2.54 bits per heavy atom. The fraction of sp³-hybridized carbons (Fsp3) is 0.350. The molecule has 24 heavy (non-hydrogen) atoms. The van der Waals surface area contributed by atoms with Gasteiger partial charge in [0.05, 0.1) is 23.4 Å². The zero-order chi connectivity index (χ0) is 17.5. The van der Waals surface area contributed by atoms with Gasteiger partial charge >= 0.3 is 0 Å². The predicted octanol–water partition coefficient (Wildman–Crippen LogP) is 6.00. The molecule has 0 aromatic heterocycles. The van der Waals surface area contributed by atoms with Gasteiger partial charge < -0.3 is 9.47 Å². The summed E-state index contributed by atoms with van der Waals surface area (Å²) in [6, 6.07) is 10.2. The minimum atomic E-state index is 0.590. The molecule has 0 unspecified atom stereocenters. The van der Waals surface area contributed by atoms with Crippen LogP contribution < -0.4 is 9.47 Å². The zero-order valence-corrected chi connectivity index (χ0v) is 16.3. The van der Waals surface area contributed by atoms with Crippen molar-refractivity contribution >= 4 is 27.8 Å². The SMILES string of the molecule is CCCOc1c(Br)cc(C=Nc2ccc(C)cc2C)cc1OCC. The molecule has 0 saturated heterocycles. The van der Waals surface area contributed by atoms with E-state index in [0.717, 1.165) is 33.6 Å². The number of rotatable bonds is 7. The van der Waals surface area contributed by atoms with E-state index in [0.29, 0.717) is 13.2 Å². The third kappa shape index (κ3) is 4.84. The second kappa shape index (κ2) is 8.88. The van der Waals surface area contributed by atoms with Gasteiger partial charge in [0, 0.05) is 6.21 Å². The molecule has 0 aliphatic carbocycles. The Morgan fingerprint density at radius 2 is 1.88 bits per heavy atom. The lowest BCUT2D eigenvalue weighted by atomic mass is 10.1. The van der Waals surface area contributed by atoms with E-state index in [1.165, 1.54) is 11.1 Å². The molecule has 0 aliphatic heterocycles. The summed E-state index contributed by atoms with van der Waals surface area (Å²) in [6.07, 6.45) is 2.81. The Hall–Kier alpha value is -1.81. The van der Waals surface area contributed by atoms with Gasteiger partial charge in [0.15, 0.2) is 11.5 Å². The fourth-order valence-electron chi connectivity index (χ4n) is 2.36. The first-order valence-corrected chi connectivity index (χ1v) is 9.05. The maximum atomic E-state index is 5.80. The molecule has 0 bridgehead atoms. The van der Waals surface area contributed by atoms with Gasteiger partial charge in [-0.3, -0.25) is 4.99 Å². The summed E-state index contributed by atoms with van der Waals surface area (Å²) in [5, 5.41) is 0. The van der Waals surface area contributed by atoms with Crippen LogP contribution in [0.4, 0.5) is 5.69 Å². The molecule has 2 aromatic rings. The molecular formula is C20H24BrNO2. The van der Waals surface area contributed by atoms with Crippen LogP contribution in [0.1, 0.15) is 37.0 Å². The molecule has 0 spiro atoms. The highest BCUT2D eigenvalue weighted by Gasteiger charge is 2.11. The first kappa shape index (κ1) is 18.5. The van der Waals surface area contributed by atoms with Gasteiger partial charge in [-0.1, -0.05) is 24.6 Å². The van der Waals surface area contributed by atoms with E-state index in [4.69, 9.17) is 9.47 Å². The summed E-state index contributed by atoms with van der Waals surface area (Å²) in [7, 11) is 0. The van der Waals surface area contributed by atoms with Crippen LogP contribution in [-0.4, -0.2) is 19.4 Å². The van der Waals surface area contributed by atoms with Gasteiger partial charge in [0.2, 0.25) is 0 Å². The van der Waals surface area contributed by atoms with Gasteiger partial charge in [-0.2, -0.15) is 0 Å². The van der Waals surface area contributed by atoms with Gasteiger partial charge in [0.25, 0.3) is 0 Å². The van der Waals surface area contributed by atoms with Crippen LogP contribution in [0.3, 0.4) is 0 Å². The molecule has 0 atom stereocenters. The van der Waals surface area contributed by atoms with Crippen molar-refractivity contribution in [1.82, 2.24) is 0 Å². The van der Waals surface area contributed by atoms with Crippen LogP contribution >= 0.6 is 15.9 Å². The average Bonchev–Trinajstić information content (AvgIpc) is 2.53.